The summed E-state index contributed by atoms with van der Waals surface area (Å²) in [5.74, 6) is 1.33. The minimum Gasteiger partial charge on any atom is -0.395 e. The predicted octanol–water partition coefficient (Wildman–Crippen LogP) is 2.92. The van der Waals surface area contributed by atoms with Crippen molar-refractivity contribution in [2.24, 2.45) is 0 Å². The van der Waals surface area contributed by atoms with Gasteiger partial charge in [0, 0.05) is 24.1 Å². The van der Waals surface area contributed by atoms with Crippen LogP contribution in [-0.4, -0.2) is 65.9 Å². The van der Waals surface area contributed by atoms with Crippen LogP contribution in [0.15, 0.2) is 35.2 Å². The van der Waals surface area contributed by atoms with Crippen LogP contribution < -0.4 is 10.2 Å². The third-order valence-electron chi connectivity index (χ3n) is 5.77. The maximum atomic E-state index is 9.29. The van der Waals surface area contributed by atoms with E-state index in [1.165, 1.54) is 6.42 Å². The van der Waals surface area contributed by atoms with Crippen LogP contribution in [0, 0.1) is 6.92 Å². The van der Waals surface area contributed by atoms with Crippen LogP contribution in [0.1, 0.15) is 30.5 Å². The Kier molecular flexibility index (Phi) is 6.23. The highest BCUT2D eigenvalue weighted by Crippen LogP contribution is 2.25. The van der Waals surface area contributed by atoms with E-state index in [9.17, 15) is 5.11 Å². The molecule has 4 heterocycles. The molecule has 1 fully saturated rings. The molecule has 4 aromatic rings. The van der Waals surface area contributed by atoms with Crippen LogP contribution in [0.25, 0.3) is 16.9 Å². The maximum absolute atomic E-state index is 9.29. The van der Waals surface area contributed by atoms with E-state index in [1.807, 2.05) is 29.8 Å². The molecule has 10 nitrogen and oxygen atoms in total. The van der Waals surface area contributed by atoms with Gasteiger partial charge in [0.2, 0.25) is 5.95 Å². The molecule has 172 valence electrons. The zero-order chi connectivity index (χ0) is 22.8. The van der Waals surface area contributed by atoms with Crippen molar-refractivity contribution in [3.63, 3.8) is 0 Å². The van der Waals surface area contributed by atoms with E-state index in [4.69, 9.17) is 9.97 Å². The van der Waals surface area contributed by atoms with E-state index < -0.39 is 0 Å². The number of nitrogens with one attached hydrogen (secondary N) is 1. The van der Waals surface area contributed by atoms with Crippen LogP contribution in [0.4, 0.5) is 11.8 Å². The molecule has 3 aromatic heterocycles. The number of aromatic nitrogens is 7. The number of anilines is 2. The summed E-state index contributed by atoms with van der Waals surface area (Å²) >= 11 is 3.50. The van der Waals surface area contributed by atoms with E-state index in [-0.39, 0.29) is 6.61 Å². The first kappa shape index (κ1) is 21.8. The van der Waals surface area contributed by atoms with Gasteiger partial charge in [-0.15, -0.1) is 5.10 Å². The van der Waals surface area contributed by atoms with E-state index in [0.717, 1.165) is 53.0 Å². The molecule has 0 aliphatic carbocycles. The molecule has 33 heavy (non-hydrogen) atoms. The summed E-state index contributed by atoms with van der Waals surface area (Å²) in [6.45, 7) is 4.84. The summed E-state index contributed by atoms with van der Waals surface area (Å²) in [6.07, 6.45) is 7.20. The number of nitrogens with zero attached hydrogens (tertiary/aromatic N) is 8. The second kappa shape index (κ2) is 9.44. The van der Waals surface area contributed by atoms with Crippen molar-refractivity contribution >= 4 is 38.9 Å². The lowest BCUT2D eigenvalue weighted by atomic mass is 10.1. The molecule has 0 saturated carbocycles. The largest absolute Gasteiger partial charge is 0.395 e. The van der Waals surface area contributed by atoms with Crippen molar-refractivity contribution in [2.75, 3.05) is 36.5 Å². The summed E-state index contributed by atoms with van der Waals surface area (Å²) in [4.78, 5) is 16.4. The van der Waals surface area contributed by atoms with Gasteiger partial charge in [-0.1, -0.05) is 21.1 Å². The summed E-state index contributed by atoms with van der Waals surface area (Å²) in [7, 11) is 0. The third kappa shape index (κ3) is 4.55. The Morgan fingerprint density at radius 3 is 2.79 bits per heavy atom. The molecule has 1 saturated heterocycles. The van der Waals surface area contributed by atoms with E-state index in [1.54, 1.807) is 11.0 Å². The topological polar surface area (TPSA) is 110 Å². The average molecular weight is 512 g/mol. The van der Waals surface area contributed by atoms with Crippen molar-refractivity contribution in [1.82, 2.24) is 34.5 Å². The highest BCUT2D eigenvalue weighted by molar-refractivity contribution is 9.10. The van der Waals surface area contributed by atoms with Crippen LogP contribution >= 0.6 is 15.9 Å². The number of hydrogen-bond donors (Lipinski definition) is 2. The van der Waals surface area contributed by atoms with Gasteiger partial charge in [0.05, 0.1) is 31.4 Å². The Hall–Kier alpha value is -3.05. The average Bonchev–Trinajstić information content (AvgIpc) is 3.45. The highest BCUT2D eigenvalue weighted by Gasteiger charge is 2.19. The van der Waals surface area contributed by atoms with Crippen LogP contribution in [0.3, 0.4) is 0 Å². The van der Waals surface area contributed by atoms with Crippen molar-refractivity contribution < 1.29 is 5.11 Å². The number of hydrogen-bond acceptors (Lipinski definition) is 8. The number of aliphatic hydroxyl groups is 1. The quantitative estimate of drug-likeness (QED) is 0.389. The summed E-state index contributed by atoms with van der Waals surface area (Å²) in [5, 5.41) is 21.2. The molecular formula is C22H26BrN9O. The number of aryl methyl sites for hydroxylation is 1. The molecule has 0 radical (unpaired) electrons. The zero-order valence-corrected chi connectivity index (χ0v) is 20.0. The summed E-state index contributed by atoms with van der Waals surface area (Å²) < 4.78 is 4.79. The number of benzene rings is 1. The van der Waals surface area contributed by atoms with Gasteiger partial charge < -0.3 is 19.9 Å². The summed E-state index contributed by atoms with van der Waals surface area (Å²) in [5.41, 5.74) is 4.31. The van der Waals surface area contributed by atoms with Crippen molar-refractivity contribution in [3.8, 4) is 5.69 Å². The fourth-order valence-corrected chi connectivity index (χ4v) is 4.60. The lowest BCUT2D eigenvalue weighted by Gasteiger charge is -2.27. The highest BCUT2D eigenvalue weighted by atomic mass is 79.9. The Balaban J connectivity index is 1.47. The van der Waals surface area contributed by atoms with Crippen LogP contribution in [-0.2, 0) is 6.54 Å². The number of halogens is 1. The van der Waals surface area contributed by atoms with Gasteiger partial charge in [-0.05, 0) is 49.9 Å². The van der Waals surface area contributed by atoms with Gasteiger partial charge in [0.1, 0.15) is 5.69 Å². The molecule has 1 aromatic carbocycles. The van der Waals surface area contributed by atoms with Crippen molar-refractivity contribution in [1.29, 1.82) is 0 Å². The van der Waals surface area contributed by atoms with E-state index in [0.29, 0.717) is 30.4 Å². The molecule has 2 N–H and O–H groups in total. The number of fused-ring (bicyclic) bond motifs is 1. The van der Waals surface area contributed by atoms with Gasteiger partial charge in [0.25, 0.3) is 0 Å². The first-order valence-corrected chi connectivity index (χ1v) is 11.9. The zero-order valence-electron chi connectivity index (χ0n) is 18.4. The monoisotopic (exact) mass is 511 g/mol. The van der Waals surface area contributed by atoms with E-state index >= 15 is 0 Å². The number of imidazole rings is 1. The molecule has 0 unspecified atom stereocenters. The lowest BCUT2D eigenvalue weighted by molar-refractivity contribution is 0.311. The Morgan fingerprint density at radius 2 is 2.00 bits per heavy atom. The molecular weight excluding hydrogens is 486 g/mol. The molecule has 0 amide bonds. The molecule has 11 heteroatoms. The first-order chi connectivity index (χ1) is 16.1. The molecule has 0 atom stereocenters. The molecule has 0 bridgehead atoms. The summed E-state index contributed by atoms with van der Waals surface area (Å²) in [6, 6.07) is 6.06. The number of aliphatic hydroxyl groups excluding tert-OH is 1. The minimum absolute atomic E-state index is 0.0177. The SMILES string of the molecule is Cc1cc(Br)ccc1-n1cc(Cn2cnc3c(NCCO)nc(N4CCCCC4)nc32)nn1. The smallest absolute Gasteiger partial charge is 0.229 e. The number of piperidine rings is 1. The second-order valence-electron chi connectivity index (χ2n) is 8.20. The van der Waals surface area contributed by atoms with Gasteiger partial charge >= 0.3 is 0 Å². The predicted molar refractivity (Wildman–Crippen MR) is 130 cm³/mol. The van der Waals surface area contributed by atoms with Crippen molar-refractivity contribution in [3.05, 3.63) is 46.5 Å². The first-order valence-electron chi connectivity index (χ1n) is 11.1. The standard InChI is InChI=1S/C22H26BrN9O/c1-15-11-16(23)5-6-18(15)32-13-17(28-29-32)12-31-14-25-19-20(24-7-10-33)26-22(27-21(19)31)30-8-3-2-4-9-30/h5-6,11,13-14,33H,2-4,7-10,12H2,1H3,(H,24,26,27). The maximum Gasteiger partial charge on any atom is 0.229 e. The molecule has 1 aliphatic heterocycles. The van der Waals surface area contributed by atoms with Gasteiger partial charge in [-0.3, -0.25) is 0 Å². The van der Waals surface area contributed by atoms with Gasteiger partial charge in [0.15, 0.2) is 17.0 Å². The Bertz CT molecular complexity index is 1260. The Morgan fingerprint density at radius 1 is 1.15 bits per heavy atom. The molecule has 0 spiro atoms. The second-order valence-corrected chi connectivity index (χ2v) is 9.12. The van der Waals surface area contributed by atoms with Crippen LogP contribution in [0.5, 0.6) is 0 Å². The van der Waals surface area contributed by atoms with Gasteiger partial charge in [-0.2, -0.15) is 9.97 Å². The van der Waals surface area contributed by atoms with Crippen molar-refractivity contribution in [2.45, 2.75) is 32.7 Å². The molecule has 1 aliphatic rings. The fraction of sp³-hybridized carbons (Fsp3) is 0.409. The fourth-order valence-electron chi connectivity index (χ4n) is 4.12. The van der Waals surface area contributed by atoms with Crippen LogP contribution in [0.2, 0.25) is 0 Å². The minimum atomic E-state index is 0.0177. The lowest BCUT2D eigenvalue weighted by Crippen LogP contribution is -2.31. The molecule has 5 rings (SSSR count). The van der Waals surface area contributed by atoms with Gasteiger partial charge in [-0.25, -0.2) is 9.67 Å². The number of rotatable bonds is 7. The third-order valence-corrected chi connectivity index (χ3v) is 6.27. The van der Waals surface area contributed by atoms with E-state index in [2.05, 4.69) is 47.5 Å². The Labute approximate surface area is 199 Å². The normalized spacial score (nSPS) is 14.2.